The van der Waals surface area contributed by atoms with Crippen LogP contribution in [0.1, 0.15) is 79.1 Å². The lowest BCUT2D eigenvalue weighted by molar-refractivity contribution is -0.137. The van der Waals surface area contributed by atoms with Gasteiger partial charge < -0.3 is 11.1 Å². The van der Waals surface area contributed by atoms with E-state index in [1.165, 1.54) is 17.1 Å². The molecule has 0 bridgehead atoms. The molecule has 32 heavy (non-hydrogen) atoms. The van der Waals surface area contributed by atoms with Crippen molar-refractivity contribution in [2.75, 3.05) is 13.1 Å². The van der Waals surface area contributed by atoms with Gasteiger partial charge in [0.1, 0.15) is 5.78 Å². The van der Waals surface area contributed by atoms with Gasteiger partial charge in [-0.1, -0.05) is 34.1 Å². The lowest BCUT2D eigenvalue weighted by atomic mass is 9.84. The van der Waals surface area contributed by atoms with E-state index >= 15 is 0 Å². The van der Waals surface area contributed by atoms with E-state index in [4.69, 9.17) is 5.73 Å². The third-order valence-corrected chi connectivity index (χ3v) is 5.54. The summed E-state index contributed by atoms with van der Waals surface area (Å²) in [7, 11) is 0. The van der Waals surface area contributed by atoms with Crippen molar-refractivity contribution in [3.63, 3.8) is 0 Å². The summed E-state index contributed by atoms with van der Waals surface area (Å²) in [5.74, 6) is -1.42. The fraction of sp³-hybridized carbons (Fsp3) is 0.708. The Labute approximate surface area is 191 Å². The first-order valence-electron chi connectivity index (χ1n) is 11.6. The Morgan fingerprint density at radius 3 is 2.19 bits per heavy atom. The average Bonchev–Trinajstić information content (AvgIpc) is 3.03. The summed E-state index contributed by atoms with van der Waals surface area (Å²) < 4.78 is 0. The molecule has 0 aliphatic carbocycles. The summed E-state index contributed by atoms with van der Waals surface area (Å²) in [5, 5.41) is 2.85. The molecule has 3 amide bonds. The largest absolute Gasteiger partial charge is 0.346 e. The lowest BCUT2D eigenvalue weighted by Gasteiger charge is -2.26. The van der Waals surface area contributed by atoms with Crippen LogP contribution in [0.3, 0.4) is 0 Å². The molecule has 0 saturated heterocycles. The molecule has 0 aromatic carbocycles. The smallest absolute Gasteiger partial charge is 0.253 e. The number of nitrogens with zero attached hydrogens (tertiary/aromatic N) is 1. The van der Waals surface area contributed by atoms with Crippen LogP contribution >= 0.6 is 0 Å². The summed E-state index contributed by atoms with van der Waals surface area (Å²) in [6, 6.07) is -0.572. The van der Waals surface area contributed by atoms with Crippen molar-refractivity contribution in [3.8, 4) is 0 Å². The summed E-state index contributed by atoms with van der Waals surface area (Å²) in [5.41, 5.74) is 4.97. The topological polar surface area (TPSA) is 127 Å². The van der Waals surface area contributed by atoms with Crippen molar-refractivity contribution >= 4 is 29.3 Å². The molecule has 1 aliphatic heterocycles. The number of Topliss-reactive ketones (excluding diaryl/α,β-unsaturated/α-hetero) is 2. The number of carbonyl (C=O) groups excluding carboxylic acids is 5. The molecule has 2 atom stereocenters. The normalized spacial score (nSPS) is 15.7. The first-order chi connectivity index (χ1) is 15.0. The monoisotopic (exact) mass is 449 g/mol. The van der Waals surface area contributed by atoms with E-state index in [0.717, 1.165) is 12.8 Å². The number of amides is 3. The van der Waals surface area contributed by atoms with Crippen LogP contribution in [0, 0.1) is 11.3 Å². The Morgan fingerprint density at radius 2 is 1.62 bits per heavy atom. The van der Waals surface area contributed by atoms with Crippen LogP contribution in [0.25, 0.3) is 0 Å². The second-order valence-electron chi connectivity index (χ2n) is 9.58. The molecule has 1 heterocycles. The second-order valence-corrected chi connectivity index (χ2v) is 9.58. The number of hydrogen-bond acceptors (Lipinski definition) is 6. The summed E-state index contributed by atoms with van der Waals surface area (Å²) in [6.07, 6.45) is 7.06. The van der Waals surface area contributed by atoms with Crippen LogP contribution in [0.2, 0.25) is 0 Å². The van der Waals surface area contributed by atoms with Gasteiger partial charge in [0.05, 0.1) is 6.04 Å². The number of unbranched alkanes of at least 4 members (excludes halogenated alkanes) is 3. The first-order valence-corrected chi connectivity index (χ1v) is 11.6. The first kappa shape index (κ1) is 27.7. The van der Waals surface area contributed by atoms with E-state index in [1.807, 2.05) is 20.8 Å². The zero-order valence-corrected chi connectivity index (χ0v) is 19.9. The Morgan fingerprint density at radius 1 is 1.00 bits per heavy atom. The standard InChI is InChI=1S/C24H39N3O5/c1-17(23(32)26-19(11-7-8-14-25)22(31)24(2,3)4)16-18(28)10-6-5-9-15-27-20(29)12-13-21(27)30/h12-13,17,19H,5-11,14-16,25H2,1-4H3,(H,26,32). The van der Waals surface area contributed by atoms with Gasteiger partial charge in [-0.3, -0.25) is 28.9 Å². The van der Waals surface area contributed by atoms with Gasteiger partial charge in [0, 0.05) is 42.9 Å². The van der Waals surface area contributed by atoms with Crippen molar-refractivity contribution < 1.29 is 24.0 Å². The van der Waals surface area contributed by atoms with Gasteiger partial charge in [0.15, 0.2) is 5.78 Å². The average molecular weight is 450 g/mol. The lowest BCUT2D eigenvalue weighted by Crippen LogP contribution is -2.47. The van der Waals surface area contributed by atoms with Crippen LogP contribution in [0.5, 0.6) is 0 Å². The number of hydrogen-bond donors (Lipinski definition) is 2. The molecule has 0 aromatic rings. The van der Waals surface area contributed by atoms with Crippen molar-refractivity contribution in [2.24, 2.45) is 17.1 Å². The number of carbonyl (C=O) groups is 5. The van der Waals surface area contributed by atoms with Gasteiger partial charge in [-0.25, -0.2) is 0 Å². The number of nitrogens with two attached hydrogens (primary N) is 1. The predicted octanol–water partition coefficient (Wildman–Crippen LogP) is 2.30. The molecule has 0 spiro atoms. The van der Waals surface area contributed by atoms with Crippen LogP contribution in [-0.4, -0.2) is 53.3 Å². The molecule has 8 heteroatoms. The molecule has 180 valence electrons. The molecular formula is C24H39N3O5. The SMILES string of the molecule is CC(CC(=O)CCCCCN1C(=O)C=CC1=O)C(=O)NC(CCCCN)C(=O)C(C)(C)C. The number of nitrogens with one attached hydrogen (secondary N) is 1. The minimum Gasteiger partial charge on any atom is -0.346 e. The van der Waals surface area contributed by atoms with Crippen LogP contribution < -0.4 is 11.1 Å². The van der Waals surface area contributed by atoms with E-state index in [1.54, 1.807) is 6.92 Å². The van der Waals surface area contributed by atoms with E-state index in [0.29, 0.717) is 45.2 Å². The van der Waals surface area contributed by atoms with Gasteiger partial charge in [-0.2, -0.15) is 0 Å². The molecule has 1 rings (SSSR count). The highest BCUT2D eigenvalue weighted by molar-refractivity contribution is 6.12. The molecule has 1 aliphatic rings. The molecule has 0 fully saturated rings. The van der Waals surface area contributed by atoms with Crippen molar-refractivity contribution in [1.29, 1.82) is 0 Å². The molecule has 2 unspecified atom stereocenters. The fourth-order valence-electron chi connectivity index (χ4n) is 3.55. The molecule has 0 aromatic heterocycles. The van der Waals surface area contributed by atoms with Crippen LogP contribution in [0.15, 0.2) is 12.2 Å². The van der Waals surface area contributed by atoms with Crippen LogP contribution in [-0.2, 0) is 24.0 Å². The maximum absolute atomic E-state index is 12.7. The Hall–Kier alpha value is -2.35. The Kier molecular flexibility index (Phi) is 11.5. The number of rotatable bonds is 15. The molecular weight excluding hydrogens is 410 g/mol. The third kappa shape index (κ3) is 9.42. The predicted molar refractivity (Wildman–Crippen MR) is 122 cm³/mol. The Balaban J connectivity index is 2.39. The van der Waals surface area contributed by atoms with Crippen molar-refractivity contribution in [3.05, 3.63) is 12.2 Å². The minimum absolute atomic E-state index is 0.00975. The van der Waals surface area contributed by atoms with Crippen molar-refractivity contribution in [1.82, 2.24) is 10.2 Å². The minimum atomic E-state index is -0.572. The van der Waals surface area contributed by atoms with Gasteiger partial charge in [-0.05, 0) is 38.6 Å². The highest BCUT2D eigenvalue weighted by Crippen LogP contribution is 2.20. The summed E-state index contributed by atoms with van der Waals surface area (Å²) in [4.78, 5) is 61.8. The Bertz CT molecular complexity index is 706. The molecule has 0 saturated carbocycles. The fourth-order valence-corrected chi connectivity index (χ4v) is 3.55. The summed E-state index contributed by atoms with van der Waals surface area (Å²) >= 11 is 0. The molecule has 0 radical (unpaired) electrons. The number of ketones is 2. The summed E-state index contributed by atoms with van der Waals surface area (Å²) in [6.45, 7) is 8.08. The van der Waals surface area contributed by atoms with Gasteiger partial charge in [-0.15, -0.1) is 0 Å². The van der Waals surface area contributed by atoms with E-state index in [-0.39, 0.29) is 35.7 Å². The highest BCUT2D eigenvalue weighted by Gasteiger charge is 2.31. The third-order valence-electron chi connectivity index (χ3n) is 5.54. The van der Waals surface area contributed by atoms with E-state index in [9.17, 15) is 24.0 Å². The maximum Gasteiger partial charge on any atom is 0.253 e. The highest BCUT2D eigenvalue weighted by atomic mass is 16.2. The van der Waals surface area contributed by atoms with Gasteiger partial charge in [0.25, 0.3) is 11.8 Å². The van der Waals surface area contributed by atoms with Gasteiger partial charge in [0.2, 0.25) is 5.91 Å². The zero-order valence-electron chi connectivity index (χ0n) is 19.9. The molecule has 8 nitrogen and oxygen atoms in total. The van der Waals surface area contributed by atoms with Crippen LogP contribution in [0.4, 0.5) is 0 Å². The second kappa shape index (κ2) is 13.3. The van der Waals surface area contributed by atoms with Crippen molar-refractivity contribution in [2.45, 2.75) is 85.1 Å². The zero-order chi connectivity index (χ0) is 24.3. The van der Waals surface area contributed by atoms with E-state index < -0.39 is 17.4 Å². The van der Waals surface area contributed by atoms with E-state index in [2.05, 4.69) is 5.32 Å². The maximum atomic E-state index is 12.7. The number of imide groups is 1. The van der Waals surface area contributed by atoms with Gasteiger partial charge >= 0.3 is 0 Å². The quantitative estimate of drug-likeness (QED) is 0.292. The molecule has 3 N–H and O–H groups in total.